The second-order valence-corrected chi connectivity index (χ2v) is 5.62. The fraction of sp³-hybridized carbons (Fsp3) is 0.500. The number of aromatic nitrogens is 1. The normalized spacial score (nSPS) is 16.0. The summed E-state index contributed by atoms with van der Waals surface area (Å²) in [6.45, 7) is 4.16. The average Bonchev–Trinajstić information content (AvgIpc) is 2.58. The van der Waals surface area contributed by atoms with E-state index < -0.39 is 10.2 Å². The number of hydrazine groups is 1. The van der Waals surface area contributed by atoms with Crippen LogP contribution in [0.15, 0.2) is 34.7 Å². The molecule has 1 aromatic heterocycles. The summed E-state index contributed by atoms with van der Waals surface area (Å²) in [5, 5.41) is 23.5. The molecule has 1 aliphatic rings. The Morgan fingerprint density at radius 1 is 1.23 bits per heavy atom. The maximum absolute atomic E-state index is 11.1. The third kappa shape index (κ3) is 11.9. The Bertz CT molecular complexity index is 547. The van der Waals surface area contributed by atoms with E-state index in [-0.39, 0.29) is 21.5 Å². The first-order valence-electron chi connectivity index (χ1n) is 7.13. The standard InChI is InChI=1S/C12H18N6O2.ClHO4.Ni/c19-15-18(20)17-9-7-16(8-10-17)6-5-13-11-12-3-1-2-4-14-12;2-1(3,4)5;/h1-4,11,19H,5-10H2;(H,2,3,4,5);/q;;+2. The second kappa shape index (κ2) is 12.7. The summed E-state index contributed by atoms with van der Waals surface area (Å²) in [5.41, 5.74) is 0.851. The quantitative estimate of drug-likeness (QED) is 0.154. The van der Waals surface area contributed by atoms with Crippen LogP contribution in [0.4, 0.5) is 0 Å². The zero-order valence-electron chi connectivity index (χ0n) is 13.5. The first-order valence-corrected chi connectivity index (χ1v) is 8.39. The minimum Gasteiger partial charge on any atom is -0.569 e. The van der Waals surface area contributed by atoms with Gasteiger partial charge in [0.1, 0.15) is 0 Å². The molecule has 0 radical (unpaired) electrons. The molecule has 148 valence electrons. The molecule has 0 atom stereocenters. The van der Waals surface area contributed by atoms with Crippen LogP contribution >= 0.6 is 0 Å². The number of pyridine rings is 1. The molecule has 1 aromatic rings. The molecule has 0 aromatic carbocycles. The van der Waals surface area contributed by atoms with E-state index in [1.165, 1.54) is 5.01 Å². The van der Waals surface area contributed by atoms with Gasteiger partial charge in [-0.25, -0.2) is 0 Å². The van der Waals surface area contributed by atoms with Crippen LogP contribution in [0.3, 0.4) is 0 Å². The molecule has 0 bridgehead atoms. The van der Waals surface area contributed by atoms with Gasteiger partial charge in [0, 0.05) is 32.0 Å². The average molecular weight is 437 g/mol. The van der Waals surface area contributed by atoms with Crippen molar-refractivity contribution in [1.82, 2.24) is 14.9 Å². The molecular formula is C12H19ClN6NiO6+2. The van der Waals surface area contributed by atoms with Gasteiger partial charge in [-0.15, -0.1) is 5.01 Å². The molecule has 12 nitrogen and oxygen atoms in total. The molecule has 14 heteroatoms. The Morgan fingerprint density at radius 3 is 2.35 bits per heavy atom. The van der Waals surface area contributed by atoms with E-state index >= 15 is 0 Å². The molecular weight excluding hydrogens is 418 g/mol. The van der Waals surface area contributed by atoms with Gasteiger partial charge in [0.05, 0.1) is 45.2 Å². The molecule has 0 unspecified atom stereocenters. The number of hydrogen-bond donors (Lipinski definition) is 2. The van der Waals surface area contributed by atoms with Crippen molar-refractivity contribution in [3.05, 3.63) is 35.3 Å². The van der Waals surface area contributed by atoms with Gasteiger partial charge in [0.2, 0.25) is 5.28 Å². The van der Waals surface area contributed by atoms with Crippen LogP contribution in [0, 0.1) is 15.5 Å². The summed E-state index contributed by atoms with van der Waals surface area (Å²) in [5.74, 6) is 0. The topological polar surface area (TPSA) is 180 Å². The molecule has 2 N–H and O–H groups in total. The Hall–Kier alpha value is -1.60. The Morgan fingerprint density at radius 2 is 1.85 bits per heavy atom. The number of nitrogens with zero attached hydrogens (tertiary/aromatic N) is 6. The minimum absolute atomic E-state index is 0. The number of hydrogen-bond acceptors (Lipinski definition) is 9. The van der Waals surface area contributed by atoms with Gasteiger partial charge < -0.3 is 10.4 Å². The third-order valence-electron chi connectivity index (χ3n) is 3.12. The third-order valence-corrected chi connectivity index (χ3v) is 3.12. The number of piperazine rings is 1. The molecule has 0 amide bonds. The molecule has 0 saturated carbocycles. The summed E-state index contributed by atoms with van der Waals surface area (Å²) in [4.78, 5) is 10.9. The van der Waals surface area contributed by atoms with Gasteiger partial charge in [-0.1, -0.05) is 6.07 Å². The van der Waals surface area contributed by atoms with E-state index in [1.54, 1.807) is 12.4 Å². The second-order valence-electron chi connectivity index (χ2n) is 4.82. The van der Waals surface area contributed by atoms with Gasteiger partial charge in [-0.05, 0) is 12.1 Å². The van der Waals surface area contributed by atoms with Crippen molar-refractivity contribution in [1.29, 1.82) is 0 Å². The summed E-state index contributed by atoms with van der Waals surface area (Å²) < 4.78 is 32.7. The van der Waals surface area contributed by atoms with Gasteiger partial charge in [0.25, 0.3) is 0 Å². The van der Waals surface area contributed by atoms with Gasteiger partial charge in [-0.2, -0.15) is 14.0 Å². The van der Waals surface area contributed by atoms with Crippen LogP contribution in [0.1, 0.15) is 5.69 Å². The molecule has 26 heavy (non-hydrogen) atoms. The van der Waals surface area contributed by atoms with Crippen molar-refractivity contribution in [2.75, 3.05) is 39.3 Å². The maximum Gasteiger partial charge on any atom is 2.00 e. The van der Waals surface area contributed by atoms with Gasteiger partial charge in [-0.3, -0.25) is 14.9 Å². The van der Waals surface area contributed by atoms with E-state index in [0.717, 1.165) is 25.3 Å². The molecule has 0 spiro atoms. The zero-order valence-corrected chi connectivity index (χ0v) is 15.3. The Labute approximate surface area is 161 Å². The van der Waals surface area contributed by atoms with Crippen molar-refractivity contribution < 1.29 is 55.5 Å². The van der Waals surface area contributed by atoms with Gasteiger partial charge in [0.15, 0.2) is 0 Å². The van der Waals surface area contributed by atoms with Crippen LogP contribution in [-0.4, -0.2) is 75.2 Å². The first kappa shape index (κ1) is 24.4. The molecule has 0 aliphatic carbocycles. The van der Waals surface area contributed by atoms with E-state index in [9.17, 15) is 5.21 Å². The largest absolute Gasteiger partial charge is 2.00 e. The van der Waals surface area contributed by atoms with Crippen molar-refractivity contribution >= 4 is 6.21 Å². The van der Waals surface area contributed by atoms with Crippen molar-refractivity contribution in [2.24, 2.45) is 10.3 Å². The summed E-state index contributed by atoms with van der Waals surface area (Å²) in [6.07, 6.45) is 3.50. The van der Waals surface area contributed by atoms with Gasteiger partial charge >= 0.3 is 16.5 Å². The van der Waals surface area contributed by atoms with E-state index in [4.69, 9.17) is 23.8 Å². The molecule has 2 rings (SSSR count). The van der Waals surface area contributed by atoms with E-state index in [2.05, 4.69) is 20.2 Å². The van der Waals surface area contributed by atoms with E-state index in [1.807, 2.05) is 18.2 Å². The van der Waals surface area contributed by atoms with Crippen LogP contribution in [0.25, 0.3) is 0 Å². The first-order chi connectivity index (χ1) is 11.8. The predicted octanol–water partition coefficient (Wildman–Crippen LogP) is -3.74. The van der Waals surface area contributed by atoms with Crippen LogP contribution < -0.4 is 14.0 Å². The molecule has 1 fully saturated rings. The number of halogens is 1. The number of rotatable bonds is 5. The number of aliphatic imine (C=N–C) groups is 1. The summed E-state index contributed by atoms with van der Waals surface area (Å²) in [7, 11) is -4.69. The van der Waals surface area contributed by atoms with Crippen molar-refractivity contribution in [3.63, 3.8) is 0 Å². The Balaban J connectivity index is 0.000000923. The zero-order chi connectivity index (χ0) is 18.7. The maximum atomic E-state index is 11.1. The van der Waals surface area contributed by atoms with Crippen LogP contribution in [0.2, 0.25) is 0 Å². The van der Waals surface area contributed by atoms with Crippen molar-refractivity contribution in [2.45, 2.75) is 0 Å². The summed E-state index contributed by atoms with van der Waals surface area (Å²) >= 11 is 0. The smallest absolute Gasteiger partial charge is 0.569 e. The Kier molecular flexibility index (Phi) is 11.9. The fourth-order valence-corrected chi connectivity index (χ4v) is 2.00. The molecule has 1 aliphatic heterocycles. The van der Waals surface area contributed by atoms with Crippen molar-refractivity contribution in [3.8, 4) is 0 Å². The summed E-state index contributed by atoms with van der Waals surface area (Å²) in [6, 6.07) is 5.70. The SMILES string of the molecule is [Ni+2].[O-][Cl+3]([O-])([O-])O.[O-][N+](=NO)N1CCN(CCN=Cc2ccccn2)CC1. The molecule has 2 heterocycles. The van der Waals surface area contributed by atoms with Crippen LogP contribution in [-0.2, 0) is 16.5 Å². The predicted molar refractivity (Wildman–Crippen MR) is 74.8 cm³/mol. The van der Waals surface area contributed by atoms with E-state index in [0.29, 0.717) is 19.6 Å². The monoisotopic (exact) mass is 436 g/mol. The molecule has 1 saturated heterocycles. The fourth-order valence-electron chi connectivity index (χ4n) is 2.00. The minimum atomic E-state index is -4.69. The van der Waals surface area contributed by atoms with Crippen LogP contribution in [0.5, 0.6) is 0 Å².